The lowest BCUT2D eigenvalue weighted by Gasteiger charge is -2.40. The molecule has 0 amide bonds. The van der Waals surface area contributed by atoms with Crippen molar-refractivity contribution in [2.75, 3.05) is 0 Å². The molecule has 11 rings (SSSR count). The summed E-state index contributed by atoms with van der Waals surface area (Å²) in [6, 6.07) is 72.9. The summed E-state index contributed by atoms with van der Waals surface area (Å²) in [5.41, 5.74) is 16.2. The van der Waals surface area contributed by atoms with Crippen LogP contribution in [-0.2, 0) is 5.41 Å². The summed E-state index contributed by atoms with van der Waals surface area (Å²) in [6.45, 7) is 0. The number of rotatable bonds is 5. The van der Waals surface area contributed by atoms with Gasteiger partial charge in [-0.05, 0) is 51.1 Å². The van der Waals surface area contributed by atoms with Gasteiger partial charge in [0.05, 0.1) is 16.8 Å². The minimum absolute atomic E-state index is 0.499. The standard InChI is InChI=1S/C53H34N2O/c1-3-16-37(17-4-1)48-34-49(55-52(54-48)38-18-5-2-6-19-38)43-23-8-7-20-39(43)35-30-32-36(33-31-35)40-24-15-28-47-51(40)56-50-29-14-13-27-46(50)53(47)44-25-11-9-21-41(44)42-22-10-12-26-45(42)53/h1-34H. The molecule has 0 N–H and O–H groups in total. The quantitative estimate of drug-likeness (QED) is 0.178. The molecule has 0 unspecified atom stereocenters. The van der Waals surface area contributed by atoms with Gasteiger partial charge in [-0.25, -0.2) is 9.97 Å². The molecular formula is C53H34N2O. The van der Waals surface area contributed by atoms with Crippen LogP contribution in [0.2, 0.25) is 0 Å². The van der Waals surface area contributed by atoms with Crippen molar-refractivity contribution in [3.8, 4) is 78.8 Å². The molecule has 3 heteroatoms. The maximum Gasteiger partial charge on any atom is 0.160 e. The van der Waals surface area contributed by atoms with Gasteiger partial charge >= 0.3 is 0 Å². The van der Waals surface area contributed by atoms with Crippen molar-refractivity contribution in [3.05, 3.63) is 229 Å². The largest absolute Gasteiger partial charge is 0.456 e. The Morgan fingerprint density at radius 2 is 0.804 bits per heavy atom. The van der Waals surface area contributed by atoms with E-state index in [2.05, 4.69) is 170 Å². The average molecular weight is 715 g/mol. The van der Waals surface area contributed by atoms with E-state index in [1.165, 1.54) is 27.8 Å². The van der Waals surface area contributed by atoms with Crippen LogP contribution in [0.1, 0.15) is 22.3 Å². The van der Waals surface area contributed by atoms with Gasteiger partial charge in [-0.1, -0.05) is 194 Å². The van der Waals surface area contributed by atoms with Crippen LogP contribution in [0.3, 0.4) is 0 Å². The Morgan fingerprint density at radius 3 is 1.48 bits per heavy atom. The summed E-state index contributed by atoms with van der Waals surface area (Å²) in [6.07, 6.45) is 0. The Morgan fingerprint density at radius 1 is 0.321 bits per heavy atom. The number of para-hydroxylation sites is 2. The first-order chi connectivity index (χ1) is 27.8. The van der Waals surface area contributed by atoms with Gasteiger partial charge in [0.1, 0.15) is 11.5 Å². The van der Waals surface area contributed by atoms with Crippen LogP contribution in [0.15, 0.2) is 206 Å². The topological polar surface area (TPSA) is 35.0 Å². The first-order valence-corrected chi connectivity index (χ1v) is 19.1. The molecule has 1 aromatic heterocycles. The van der Waals surface area contributed by atoms with Crippen molar-refractivity contribution in [1.82, 2.24) is 9.97 Å². The van der Waals surface area contributed by atoms with E-state index in [4.69, 9.17) is 14.7 Å². The first kappa shape index (κ1) is 32.1. The van der Waals surface area contributed by atoms with Crippen LogP contribution in [0.5, 0.6) is 11.5 Å². The average Bonchev–Trinajstić information content (AvgIpc) is 3.57. The molecule has 2 aliphatic rings. The molecular weight excluding hydrogens is 681 g/mol. The molecule has 2 heterocycles. The highest BCUT2D eigenvalue weighted by Crippen LogP contribution is 2.63. The number of nitrogens with zero attached hydrogens (tertiary/aromatic N) is 2. The molecule has 0 fully saturated rings. The predicted octanol–water partition coefficient (Wildman–Crippen LogP) is 13.3. The van der Waals surface area contributed by atoms with Gasteiger partial charge in [-0.3, -0.25) is 0 Å². The van der Waals surface area contributed by atoms with E-state index in [-0.39, 0.29) is 0 Å². The second-order valence-electron chi connectivity index (χ2n) is 14.4. The van der Waals surface area contributed by atoms with Gasteiger partial charge in [0.15, 0.2) is 5.82 Å². The smallest absolute Gasteiger partial charge is 0.160 e. The van der Waals surface area contributed by atoms with Gasteiger partial charge in [-0.15, -0.1) is 0 Å². The molecule has 3 nitrogen and oxygen atoms in total. The Hall–Kier alpha value is -7.36. The van der Waals surface area contributed by atoms with E-state index in [9.17, 15) is 0 Å². The fourth-order valence-electron chi connectivity index (χ4n) is 8.95. The third-order valence-corrected chi connectivity index (χ3v) is 11.4. The van der Waals surface area contributed by atoms with Crippen molar-refractivity contribution in [2.45, 2.75) is 5.41 Å². The van der Waals surface area contributed by atoms with Crippen molar-refractivity contribution >= 4 is 0 Å². The van der Waals surface area contributed by atoms with Crippen LogP contribution in [0.25, 0.3) is 67.3 Å². The van der Waals surface area contributed by atoms with Crippen LogP contribution >= 0.6 is 0 Å². The minimum Gasteiger partial charge on any atom is -0.456 e. The Kier molecular flexibility index (Phi) is 7.39. The lowest BCUT2D eigenvalue weighted by molar-refractivity contribution is 0.438. The molecule has 0 atom stereocenters. The van der Waals surface area contributed by atoms with Crippen molar-refractivity contribution in [3.63, 3.8) is 0 Å². The molecule has 0 saturated heterocycles. The molecule has 262 valence electrons. The third kappa shape index (κ3) is 4.91. The van der Waals surface area contributed by atoms with Crippen molar-refractivity contribution in [2.24, 2.45) is 0 Å². The second kappa shape index (κ2) is 12.9. The van der Waals surface area contributed by atoms with Crippen LogP contribution in [0.4, 0.5) is 0 Å². The Labute approximate surface area is 326 Å². The number of ether oxygens (including phenoxy) is 1. The van der Waals surface area contributed by atoms with Gasteiger partial charge in [0.25, 0.3) is 0 Å². The summed E-state index contributed by atoms with van der Waals surface area (Å²) in [5.74, 6) is 2.49. The predicted molar refractivity (Wildman–Crippen MR) is 227 cm³/mol. The maximum absolute atomic E-state index is 6.95. The highest BCUT2D eigenvalue weighted by Gasteiger charge is 2.51. The van der Waals surface area contributed by atoms with Crippen molar-refractivity contribution < 1.29 is 4.74 Å². The first-order valence-electron chi connectivity index (χ1n) is 19.1. The number of hydrogen-bond acceptors (Lipinski definition) is 3. The molecule has 1 spiro atoms. The van der Waals surface area contributed by atoms with Crippen LogP contribution in [0, 0.1) is 0 Å². The third-order valence-electron chi connectivity index (χ3n) is 11.4. The summed E-state index contributed by atoms with van der Waals surface area (Å²) in [4.78, 5) is 10.2. The van der Waals surface area contributed by atoms with Gasteiger partial charge in [-0.2, -0.15) is 0 Å². The highest BCUT2D eigenvalue weighted by molar-refractivity contribution is 5.91. The van der Waals surface area contributed by atoms with E-state index < -0.39 is 5.41 Å². The molecule has 1 aliphatic heterocycles. The van der Waals surface area contributed by atoms with Crippen molar-refractivity contribution in [1.29, 1.82) is 0 Å². The summed E-state index contributed by atoms with van der Waals surface area (Å²) in [7, 11) is 0. The van der Waals surface area contributed by atoms with Crippen LogP contribution < -0.4 is 4.74 Å². The van der Waals surface area contributed by atoms with E-state index in [0.717, 1.165) is 67.4 Å². The molecule has 9 aromatic rings. The molecule has 0 radical (unpaired) electrons. The molecule has 0 saturated carbocycles. The fraction of sp³-hybridized carbons (Fsp3) is 0.0189. The van der Waals surface area contributed by atoms with E-state index >= 15 is 0 Å². The Balaban J connectivity index is 1.04. The fourth-order valence-corrected chi connectivity index (χ4v) is 8.95. The van der Waals surface area contributed by atoms with Gasteiger partial charge in [0, 0.05) is 33.4 Å². The normalized spacial score (nSPS) is 12.9. The zero-order chi connectivity index (χ0) is 37.1. The Bertz CT molecular complexity index is 2830. The lowest BCUT2D eigenvalue weighted by Crippen LogP contribution is -2.32. The number of aromatic nitrogens is 2. The SMILES string of the molecule is c1ccc(-c2cc(-c3ccccc3-c3ccc(-c4cccc5c4Oc4ccccc4C54c5ccccc5-c5ccccc54)cc3)nc(-c3ccccc3)n2)cc1. The second-order valence-corrected chi connectivity index (χ2v) is 14.4. The lowest BCUT2D eigenvalue weighted by atomic mass is 9.65. The maximum atomic E-state index is 6.95. The monoisotopic (exact) mass is 714 g/mol. The van der Waals surface area contributed by atoms with E-state index in [1.807, 2.05) is 36.4 Å². The van der Waals surface area contributed by atoms with Gasteiger partial charge in [0.2, 0.25) is 0 Å². The zero-order valence-electron chi connectivity index (χ0n) is 30.4. The van der Waals surface area contributed by atoms with E-state index in [0.29, 0.717) is 5.82 Å². The molecule has 0 bridgehead atoms. The minimum atomic E-state index is -0.499. The summed E-state index contributed by atoms with van der Waals surface area (Å²) < 4.78 is 6.95. The van der Waals surface area contributed by atoms with Gasteiger partial charge < -0.3 is 4.74 Å². The highest BCUT2D eigenvalue weighted by atomic mass is 16.5. The number of benzene rings is 8. The number of fused-ring (bicyclic) bond motifs is 9. The molecule has 8 aromatic carbocycles. The zero-order valence-corrected chi connectivity index (χ0v) is 30.4. The van der Waals surface area contributed by atoms with Crippen LogP contribution in [-0.4, -0.2) is 9.97 Å². The molecule has 1 aliphatic carbocycles. The number of hydrogen-bond donors (Lipinski definition) is 0. The molecule has 56 heavy (non-hydrogen) atoms. The summed E-state index contributed by atoms with van der Waals surface area (Å²) in [5, 5.41) is 0. The summed E-state index contributed by atoms with van der Waals surface area (Å²) >= 11 is 0. The van der Waals surface area contributed by atoms with E-state index in [1.54, 1.807) is 0 Å².